The summed E-state index contributed by atoms with van der Waals surface area (Å²) in [5.74, 6) is -0.192. The van der Waals surface area contributed by atoms with Crippen LogP contribution in [0.25, 0.3) is 11.1 Å². The van der Waals surface area contributed by atoms with Crippen molar-refractivity contribution in [3.63, 3.8) is 0 Å². The number of H-pyrrole nitrogens is 1. The van der Waals surface area contributed by atoms with Crippen LogP contribution in [0.4, 0.5) is 0 Å². The molecule has 1 unspecified atom stereocenters. The molecule has 0 spiro atoms. The Morgan fingerprint density at radius 2 is 1.62 bits per heavy atom. The molecule has 0 bridgehead atoms. The van der Waals surface area contributed by atoms with Gasteiger partial charge in [-0.05, 0) is 41.3 Å². The number of hydrogen-bond donors (Lipinski definition) is 2. The topological polar surface area (TPSA) is 57.8 Å². The van der Waals surface area contributed by atoms with Gasteiger partial charge in [-0.3, -0.25) is 9.89 Å². The minimum atomic E-state index is -0.161. The summed E-state index contributed by atoms with van der Waals surface area (Å²) in [6.07, 6.45) is 3.92. The number of amides is 1. The summed E-state index contributed by atoms with van der Waals surface area (Å²) in [7, 11) is 0. The Morgan fingerprint density at radius 1 is 0.906 bits per heavy atom. The van der Waals surface area contributed by atoms with Crippen molar-refractivity contribution in [2.24, 2.45) is 0 Å². The van der Waals surface area contributed by atoms with E-state index >= 15 is 0 Å². The third-order valence-corrected chi connectivity index (χ3v) is 6.30. The summed E-state index contributed by atoms with van der Waals surface area (Å²) in [4.78, 5) is 13.0. The molecule has 0 saturated carbocycles. The standard InChI is InChI=1S/C26H23Cl2N3O/c1-17(18-5-3-2-4-6-18)31-26(32)14-23(21-11-12-24(27)25(28)13-21)20-9-7-19(8-10-20)22-15-29-30-16-22/h2-13,15-17,23H,14H2,1H3,(H,29,30)(H,31,32)/t17-,23?/m0/s1. The number of nitrogens with zero attached hydrogens (tertiary/aromatic N) is 1. The summed E-state index contributed by atoms with van der Waals surface area (Å²) in [6, 6.07) is 23.5. The van der Waals surface area contributed by atoms with E-state index in [0.717, 1.165) is 27.8 Å². The molecule has 0 fully saturated rings. The van der Waals surface area contributed by atoms with E-state index in [-0.39, 0.29) is 17.9 Å². The molecule has 3 aromatic carbocycles. The first-order valence-electron chi connectivity index (χ1n) is 10.4. The first-order chi connectivity index (χ1) is 15.5. The Labute approximate surface area is 197 Å². The highest BCUT2D eigenvalue weighted by molar-refractivity contribution is 6.42. The van der Waals surface area contributed by atoms with Crippen LogP contribution in [0.2, 0.25) is 10.0 Å². The fourth-order valence-corrected chi connectivity index (χ4v) is 4.09. The van der Waals surface area contributed by atoms with Gasteiger partial charge in [-0.1, -0.05) is 83.9 Å². The van der Waals surface area contributed by atoms with Gasteiger partial charge in [0.2, 0.25) is 5.91 Å². The Bertz CT molecular complexity index is 1180. The van der Waals surface area contributed by atoms with Crippen LogP contribution >= 0.6 is 23.2 Å². The minimum absolute atomic E-state index is 0.0312. The van der Waals surface area contributed by atoms with Crippen LogP contribution in [0.1, 0.15) is 42.0 Å². The van der Waals surface area contributed by atoms with Crippen LogP contribution in [0.3, 0.4) is 0 Å². The van der Waals surface area contributed by atoms with E-state index in [1.807, 2.05) is 79.9 Å². The summed E-state index contributed by atoms with van der Waals surface area (Å²) in [5.41, 5.74) is 5.10. The van der Waals surface area contributed by atoms with E-state index in [9.17, 15) is 4.79 Å². The molecule has 4 nitrogen and oxygen atoms in total. The third-order valence-electron chi connectivity index (χ3n) is 5.56. The normalized spacial score (nSPS) is 12.8. The number of aromatic nitrogens is 2. The second-order valence-electron chi connectivity index (χ2n) is 7.74. The van der Waals surface area contributed by atoms with Crippen molar-refractivity contribution in [2.45, 2.75) is 25.3 Å². The number of carbonyl (C=O) groups is 1. The Balaban J connectivity index is 1.59. The molecule has 0 saturated heterocycles. The van der Waals surface area contributed by atoms with Crippen LogP contribution in [0, 0.1) is 0 Å². The van der Waals surface area contributed by atoms with Crippen LogP contribution < -0.4 is 5.32 Å². The predicted octanol–water partition coefficient (Wildman–Crippen LogP) is 6.78. The van der Waals surface area contributed by atoms with Gasteiger partial charge in [0, 0.05) is 24.1 Å². The summed E-state index contributed by atoms with van der Waals surface area (Å²) in [5, 5.41) is 10.9. The van der Waals surface area contributed by atoms with Crippen molar-refractivity contribution in [3.8, 4) is 11.1 Å². The number of aromatic amines is 1. The average Bonchev–Trinajstić information content (AvgIpc) is 3.35. The number of halogens is 2. The van der Waals surface area contributed by atoms with Gasteiger partial charge in [0.15, 0.2) is 0 Å². The Hall–Kier alpha value is -3.08. The van der Waals surface area contributed by atoms with E-state index in [4.69, 9.17) is 23.2 Å². The lowest BCUT2D eigenvalue weighted by atomic mass is 9.87. The molecular formula is C26H23Cl2N3O. The van der Waals surface area contributed by atoms with Gasteiger partial charge in [0.1, 0.15) is 0 Å². The molecule has 0 aliphatic carbocycles. The van der Waals surface area contributed by atoms with Gasteiger partial charge in [-0.15, -0.1) is 0 Å². The zero-order valence-corrected chi connectivity index (χ0v) is 19.1. The van der Waals surface area contributed by atoms with Gasteiger partial charge < -0.3 is 5.32 Å². The molecule has 6 heteroatoms. The quantitative estimate of drug-likeness (QED) is 0.317. The van der Waals surface area contributed by atoms with E-state index in [1.165, 1.54) is 0 Å². The molecule has 32 heavy (non-hydrogen) atoms. The lowest BCUT2D eigenvalue weighted by molar-refractivity contribution is -0.121. The lowest BCUT2D eigenvalue weighted by Gasteiger charge is -2.21. The molecule has 0 aliphatic rings. The SMILES string of the molecule is C[C@H](NC(=O)CC(c1ccc(-c2cn[nH]c2)cc1)c1ccc(Cl)c(Cl)c1)c1ccccc1. The molecule has 4 aromatic rings. The summed E-state index contributed by atoms with van der Waals surface area (Å²) < 4.78 is 0. The second-order valence-corrected chi connectivity index (χ2v) is 8.55. The smallest absolute Gasteiger partial charge is 0.221 e. The zero-order chi connectivity index (χ0) is 22.5. The highest BCUT2D eigenvalue weighted by atomic mass is 35.5. The van der Waals surface area contributed by atoms with Gasteiger partial charge in [0.05, 0.1) is 22.3 Å². The molecule has 0 radical (unpaired) electrons. The number of carbonyl (C=O) groups excluding carboxylic acids is 1. The van der Waals surface area contributed by atoms with E-state index in [2.05, 4.69) is 15.5 Å². The van der Waals surface area contributed by atoms with Crippen molar-refractivity contribution >= 4 is 29.1 Å². The van der Waals surface area contributed by atoms with Gasteiger partial charge in [-0.25, -0.2) is 0 Å². The lowest BCUT2D eigenvalue weighted by Crippen LogP contribution is -2.28. The molecular weight excluding hydrogens is 441 g/mol. The van der Waals surface area contributed by atoms with Gasteiger partial charge in [0.25, 0.3) is 0 Å². The minimum Gasteiger partial charge on any atom is -0.350 e. The van der Waals surface area contributed by atoms with Crippen LogP contribution in [-0.4, -0.2) is 16.1 Å². The predicted molar refractivity (Wildman–Crippen MR) is 130 cm³/mol. The molecule has 162 valence electrons. The van der Waals surface area contributed by atoms with E-state index < -0.39 is 0 Å². The summed E-state index contributed by atoms with van der Waals surface area (Å²) in [6.45, 7) is 1.99. The molecule has 2 atom stereocenters. The number of hydrogen-bond acceptors (Lipinski definition) is 2. The Morgan fingerprint density at radius 3 is 2.28 bits per heavy atom. The van der Waals surface area contributed by atoms with Gasteiger partial charge in [-0.2, -0.15) is 5.10 Å². The highest BCUT2D eigenvalue weighted by Gasteiger charge is 2.21. The molecule has 1 amide bonds. The van der Waals surface area contributed by atoms with Crippen molar-refractivity contribution in [1.82, 2.24) is 15.5 Å². The molecule has 1 aromatic heterocycles. The average molecular weight is 464 g/mol. The monoisotopic (exact) mass is 463 g/mol. The van der Waals surface area contributed by atoms with E-state index in [0.29, 0.717) is 16.5 Å². The first kappa shape index (κ1) is 22.1. The van der Waals surface area contributed by atoms with Crippen molar-refractivity contribution in [1.29, 1.82) is 0 Å². The fourth-order valence-electron chi connectivity index (χ4n) is 3.78. The van der Waals surface area contributed by atoms with Crippen molar-refractivity contribution < 1.29 is 4.79 Å². The van der Waals surface area contributed by atoms with Crippen LogP contribution in [0.5, 0.6) is 0 Å². The molecule has 1 heterocycles. The number of rotatable bonds is 7. The molecule has 4 rings (SSSR count). The Kier molecular flexibility index (Phi) is 6.93. The number of nitrogens with one attached hydrogen (secondary N) is 2. The van der Waals surface area contributed by atoms with Crippen LogP contribution in [0.15, 0.2) is 85.2 Å². The highest BCUT2D eigenvalue weighted by Crippen LogP contribution is 2.33. The maximum Gasteiger partial charge on any atom is 0.221 e. The maximum atomic E-state index is 13.0. The maximum absolute atomic E-state index is 13.0. The largest absolute Gasteiger partial charge is 0.350 e. The van der Waals surface area contributed by atoms with E-state index in [1.54, 1.807) is 12.3 Å². The van der Waals surface area contributed by atoms with Gasteiger partial charge >= 0.3 is 0 Å². The first-order valence-corrected chi connectivity index (χ1v) is 11.1. The summed E-state index contributed by atoms with van der Waals surface area (Å²) >= 11 is 12.4. The number of benzene rings is 3. The van der Waals surface area contributed by atoms with Crippen molar-refractivity contribution in [3.05, 3.63) is 112 Å². The van der Waals surface area contributed by atoms with Crippen LogP contribution in [-0.2, 0) is 4.79 Å². The molecule has 0 aliphatic heterocycles. The fraction of sp³-hybridized carbons (Fsp3) is 0.154. The third kappa shape index (κ3) is 5.21. The second kappa shape index (κ2) is 10.0. The zero-order valence-electron chi connectivity index (χ0n) is 17.6. The van der Waals surface area contributed by atoms with Crippen molar-refractivity contribution in [2.75, 3.05) is 0 Å². The molecule has 2 N–H and O–H groups in total.